The molecule has 3 aromatic rings. The van der Waals surface area contributed by atoms with Crippen molar-refractivity contribution in [2.45, 2.75) is 31.7 Å². The summed E-state index contributed by atoms with van der Waals surface area (Å²) in [6.45, 7) is 0. The van der Waals surface area contributed by atoms with Crippen LogP contribution >= 0.6 is 0 Å². The highest BCUT2D eigenvalue weighted by Crippen LogP contribution is 2.32. The highest BCUT2D eigenvalue weighted by molar-refractivity contribution is 7.91. The summed E-state index contributed by atoms with van der Waals surface area (Å²) < 4.78 is 31.4. The van der Waals surface area contributed by atoms with Gasteiger partial charge in [-0.1, -0.05) is 18.2 Å². The minimum Gasteiger partial charge on any atom is -0.457 e. The molecule has 160 valence electrons. The summed E-state index contributed by atoms with van der Waals surface area (Å²) in [6.07, 6.45) is 3.08. The van der Waals surface area contributed by atoms with Crippen molar-refractivity contribution in [1.82, 2.24) is 9.78 Å². The molecule has 1 aliphatic heterocycles. The number of amides is 1. The van der Waals surface area contributed by atoms with Gasteiger partial charge in [0.05, 0.1) is 23.2 Å². The van der Waals surface area contributed by atoms with Crippen LogP contribution in [0.4, 0.5) is 5.69 Å². The molecule has 0 bridgehead atoms. The summed E-state index contributed by atoms with van der Waals surface area (Å²) in [5, 5.41) is 7.58. The molecule has 8 heteroatoms. The Hall–Kier alpha value is -3.13. The monoisotopic (exact) mass is 437 g/mol. The molecule has 1 atom stereocenters. The predicted octanol–water partition coefficient (Wildman–Crippen LogP) is 3.78. The zero-order valence-electron chi connectivity index (χ0n) is 17.0. The molecule has 31 heavy (non-hydrogen) atoms. The Balaban J connectivity index is 1.36. The molecule has 1 saturated heterocycles. The van der Waals surface area contributed by atoms with Gasteiger partial charge in [-0.3, -0.25) is 9.48 Å². The van der Waals surface area contributed by atoms with Crippen LogP contribution in [0.2, 0.25) is 0 Å². The first-order valence-corrected chi connectivity index (χ1v) is 12.3. The SMILES string of the molecule is O=C(Nc1ccc(Oc2ccccc2)cc1)c1c2c(nn1[C@@H]1CCS(=O)(=O)C1)CCC2. The Morgan fingerprint density at radius 3 is 2.48 bits per heavy atom. The zero-order chi connectivity index (χ0) is 21.4. The van der Waals surface area contributed by atoms with Crippen LogP contribution in [0.5, 0.6) is 11.5 Å². The van der Waals surface area contributed by atoms with E-state index in [9.17, 15) is 13.2 Å². The molecule has 2 heterocycles. The van der Waals surface area contributed by atoms with Crippen molar-refractivity contribution < 1.29 is 17.9 Å². The van der Waals surface area contributed by atoms with Gasteiger partial charge in [0.2, 0.25) is 0 Å². The lowest BCUT2D eigenvalue weighted by Gasteiger charge is -2.15. The van der Waals surface area contributed by atoms with E-state index in [4.69, 9.17) is 4.74 Å². The molecule has 1 fully saturated rings. The number of ether oxygens (including phenoxy) is 1. The molecular weight excluding hydrogens is 414 g/mol. The van der Waals surface area contributed by atoms with E-state index in [0.717, 1.165) is 36.3 Å². The first kappa shape index (κ1) is 19.8. The minimum absolute atomic E-state index is 0.0410. The third kappa shape index (κ3) is 4.07. The van der Waals surface area contributed by atoms with Gasteiger partial charge in [0.15, 0.2) is 9.84 Å². The average molecular weight is 438 g/mol. The molecule has 7 nitrogen and oxygen atoms in total. The lowest BCUT2D eigenvalue weighted by atomic mass is 10.1. The Morgan fingerprint density at radius 1 is 1.03 bits per heavy atom. The number of fused-ring (bicyclic) bond motifs is 1. The van der Waals surface area contributed by atoms with Gasteiger partial charge in [-0.2, -0.15) is 5.10 Å². The normalized spacial score (nSPS) is 19.2. The Morgan fingerprint density at radius 2 is 1.77 bits per heavy atom. The van der Waals surface area contributed by atoms with Gasteiger partial charge in [-0.05, 0) is 62.1 Å². The Bertz CT molecular complexity index is 1220. The second-order valence-electron chi connectivity index (χ2n) is 8.02. The minimum atomic E-state index is -3.07. The quantitative estimate of drug-likeness (QED) is 0.656. The lowest BCUT2D eigenvalue weighted by molar-refractivity contribution is 0.101. The van der Waals surface area contributed by atoms with Crippen LogP contribution in [0, 0.1) is 0 Å². The molecule has 1 amide bonds. The van der Waals surface area contributed by atoms with Crippen LogP contribution in [0.15, 0.2) is 54.6 Å². The molecule has 1 N–H and O–H groups in total. The van der Waals surface area contributed by atoms with Gasteiger partial charge in [0.1, 0.15) is 17.2 Å². The molecule has 0 radical (unpaired) electrons. The fourth-order valence-corrected chi connectivity index (χ4v) is 6.00. The van der Waals surface area contributed by atoms with Gasteiger partial charge in [-0.25, -0.2) is 8.42 Å². The maximum absolute atomic E-state index is 13.2. The largest absolute Gasteiger partial charge is 0.457 e. The zero-order valence-corrected chi connectivity index (χ0v) is 17.8. The number of aryl methyl sites for hydroxylation is 1. The number of para-hydroxylation sites is 1. The maximum Gasteiger partial charge on any atom is 0.274 e. The van der Waals surface area contributed by atoms with Crippen LogP contribution in [-0.2, 0) is 22.7 Å². The summed E-state index contributed by atoms with van der Waals surface area (Å²) in [7, 11) is -3.07. The van der Waals surface area contributed by atoms with Crippen molar-refractivity contribution in [3.63, 3.8) is 0 Å². The van der Waals surface area contributed by atoms with Crippen LogP contribution in [0.3, 0.4) is 0 Å². The summed E-state index contributed by atoms with van der Waals surface area (Å²) in [4.78, 5) is 13.2. The van der Waals surface area contributed by atoms with Crippen LogP contribution in [0.25, 0.3) is 0 Å². The highest BCUT2D eigenvalue weighted by Gasteiger charge is 2.35. The van der Waals surface area contributed by atoms with Gasteiger partial charge >= 0.3 is 0 Å². The molecule has 1 aliphatic carbocycles. The molecule has 0 saturated carbocycles. The van der Waals surface area contributed by atoms with Crippen molar-refractivity contribution in [2.75, 3.05) is 16.8 Å². The van der Waals surface area contributed by atoms with Gasteiger partial charge in [0, 0.05) is 11.3 Å². The maximum atomic E-state index is 13.2. The number of carbonyl (C=O) groups excluding carboxylic acids is 1. The summed E-state index contributed by atoms with van der Waals surface area (Å²) in [6, 6.07) is 16.4. The standard InChI is InChI=1S/C23H23N3O4S/c27-23(24-16-9-11-19(12-10-16)30-18-5-2-1-3-6-18)22-20-7-4-8-21(20)25-26(22)17-13-14-31(28,29)15-17/h1-3,5-6,9-12,17H,4,7-8,13-15H2,(H,24,27)/t17-/m1/s1. The van der Waals surface area contributed by atoms with Crippen molar-refractivity contribution in [3.8, 4) is 11.5 Å². The average Bonchev–Trinajstić information content (AvgIpc) is 3.44. The number of anilines is 1. The lowest BCUT2D eigenvalue weighted by Crippen LogP contribution is -2.23. The summed E-state index contributed by atoms with van der Waals surface area (Å²) in [5.74, 6) is 1.35. The van der Waals surface area contributed by atoms with Gasteiger partial charge < -0.3 is 10.1 Å². The number of sulfone groups is 1. The van der Waals surface area contributed by atoms with E-state index in [1.807, 2.05) is 30.3 Å². The van der Waals surface area contributed by atoms with E-state index in [1.165, 1.54) is 0 Å². The van der Waals surface area contributed by atoms with E-state index in [-0.39, 0.29) is 23.5 Å². The third-order valence-electron chi connectivity index (χ3n) is 5.79. The van der Waals surface area contributed by atoms with Gasteiger partial charge in [0.25, 0.3) is 5.91 Å². The summed E-state index contributed by atoms with van der Waals surface area (Å²) in [5.41, 5.74) is 3.01. The third-order valence-corrected chi connectivity index (χ3v) is 7.54. The van der Waals surface area contributed by atoms with Crippen molar-refractivity contribution in [1.29, 1.82) is 0 Å². The fraction of sp³-hybridized carbons (Fsp3) is 0.304. The smallest absolute Gasteiger partial charge is 0.274 e. The molecule has 0 spiro atoms. The number of hydrogen-bond acceptors (Lipinski definition) is 5. The van der Waals surface area contributed by atoms with Crippen molar-refractivity contribution >= 4 is 21.4 Å². The second-order valence-corrected chi connectivity index (χ2v) is 10.3. The van der Waals surface area contributed by atoms with Crippen LogP contribution in [-0.4, -0.2) is 35.6 Å². The Labute approximate surface area is 181 Å². The summed E-state index contributed by atoms with van der Waals surface area (Å²) >= 11 is 0. The first-order valence-electron chi connectivity index (χ1n) is 10.4. The highest BCUT2D eigenvalue weighted by atomic mass is 32.2. The van der Waals surface area contributed by atoms with E-state index >= 15 is 0 Å². The fourth-order valence-electron chi connectivity index (χ4n) is 4.31. The first-order chi connectivity index (χ1) is 15.0. The van der Waals surface area contributed by atoms with E-state index in [0.29, 0.717) is 23.6 Å². The second kappa shape index (κ2) is 7.85. The van der Waals surface area contributed by atoms with E-state index in [2.05, 4.69) is 10.4 Å². The molecule has 2 aliphatic rings. The number of nitrogens with one attached hydrogen (secondary N) is 1. The number of benzene rings is 2. The van der Waals surface area contributed by atoms with Crippen molar-refractivity contribution in [2.24, 2.45) is 0 Å². The molecule has 5 rings (SSSR count). The number of hydrogen-bond donors (Lipinski definition) is 1. The number of aromatic nitrogens is 2. The Kier molecular flexibility index (Phi) is 5.02. The van der Waals surface area contributed by atoms with E-state index < -0.39 is 9.84 Å². The van der Waals surface area contributed by atoms with Crippen LogP contribution in [0.1, 0.15) is 40.6 Å². The van der Waals surface area contributed by atoms with Crippen molar-refractivity contribution in [3.05, 3.63) is 71.5 Å². The number of carbonyl (C=O) groups is 1. The van der Waals surface area contributed by atoms with Gasteiger partial charge in [-0.15, -0.1) is 0 Å². The van der Waals surface area contributed by atoms with Crippen LogP contribution < -0.4 is 10.1 Å². The molecule has 0 unspecified atom stereocenters. The number of nitrogens with zero attached hydrogens (tertiary/aromatic N) is 2. The molecule has 2 aromatic carbocycles. The molecular formula is C23H23N3O4S. The molecule has 1 aromatic heterocycles. The number of rotatable bonds is 5. The van der Waals surface area contributed by atoms with E-state index in [1.54, 1.807) is 28.9 Å². The topological polar surface area (TPSA) is 90.3 Å². The predicted molar refractivity (Wildman–Crippen MR) is 117 cm³/mol.